The number of ketones is 1. The van der Waals surface area contributed by atoms with Crippen molar-refractivity contribution >= 4 is 16.8 Å². The van der Waals surface area contributed by atoms with Gasteiger partial charge in [-0.25, -0.2) is 9.37 Å². The zero-order valence-electron chi connectivity index (χ0n) is 9.25. The molecule has 0 amide bonds. The van der Waals surface area contributed by atoms with Gasteiger partial charge in [0, 0.05) is 7.05 Å². The minimum atomic E-state index is -4.91. The fourth-order valence-corrected chi connectivity index (χ4v) is 1.63. The summed E-state index contributed by atoms with van der Waals surface area (Å²) in [6.07, 6.45) is -5.80. The molecule has 2 aromatic rings. The Hall–Kier alpha value is -1.92. The molecule has 0 fully saturated rings. The minimum Gasteiger partial charge on any atom is -0.331 e. The van der Waals surface area contributed by atoms with Crippen molar-refractivity contribution in [3.8, 4) is 0 Å². The lowest BCUT2D eigenvalue weighted by molar-refractivity contribution is -0.170. The number of fused-ring (bicyclic) bond motifs is 1. The highest BCUT2D eigenvalue weighted by molar-refractivity contribution is 5.86. The Balaban J connectivity index is 2.44. The SMILES string of the molecule is Cn1c(CC(=O)C(F)(F)F)nc2c(F)cccc21. The second-order valence-electron chi connectivity index (χ2n) is 3.79. The molecule has 0 spiro atoms. The third kappa shape index (κ3) is 2.07. The maximum absolute atomic E-state index is 13.4. The Morgan fingerprint density at radius 2 is 2.06 bits per heavy atom. The smallest absolute Gasteiger partial charge is 0.331 e. The zero-order chi connectivity index (χ0) is 13.5. The number of para-hydroxylation sites is 1. The molecular weight excluding hydrogens is 252 g/mol. The van der Waals surface area contributed by atoms with Crippen molar-refractivity contribution in [3.05, 3.63) is 29.8 Å². The molecule has 0 unspecified atom stereocenters. The third-order valence-corrected chi connectivity index (χ3v) is 2.59. The number of benzene rings is 1. The summed E-state index contributed by atoms with van der Waals surface area (Å²) >= 11 is 0. The van der Waals surface area contributed by atoms with E-state index in [1.165, 1.54) is 23.7 Å². The molecule has 3 nitrogen and oxygen atoms in total. The first kappa shape index (κ1) is 12.5. The molecule has 0 aliphatic heterocycles. The molecule has 1 aromatic heterocycles. The van der Waals surface area contributed by atoms with Crippen molar-refractivity contribution in [2.75, 3.05) is 0 Å². The molecule has 0 saturated heterocycles. The van der Waals surface area contributed by atoms with Crippen molar-refractivity contribution in [3.63, 3.8) is 0 Å². The Kier molecular flexibility index (Phi) is 2.84. The predicted molar refractivity (Wildman–Crippen MR) is 55.4 cm³/mol. The molecule has 0 aliphatic carbocycles. The van der Waals surface area contributed by atoms with Gasteiger partial charge in [-0.1, -0.05) is 6.07 Å². The van der Waals surface area contributed by atoms with E-state index >= 15 is 0 Å². The maximum Gasteiger partial charge on any atom is 0.450 e. The van der Waals surface area contributed by atoms with E-state index in [0.29, 0.717) is 5.52 Å². The van der Waals surface area contributed by atoms with Crippen molar-refractivity contribution in [2.24, 2.45) is 7.05 Å². The first-order valence-electron chi connectivity index (χ1n) is 5.00. The number of carbonyl (C=O) groups excluding carboxylic acids is 1. The van der Waals surface area contributed by atoms with Crippen LogP contribution in [-0.2, 0) is 18.3 Å². The van der Waals surface area contributed by atoms with E-state index < -0.39 is 24.2 Å². The topological polar surface area (TPSA) is 34.9 Å². The second-order valence-corrected chi connectivity index (χ2v) is 3.79. The highest BCUT2D eigenvalue weighted by Gasteiger charge is 2.38. The molecule has 0 atom stereocenters. The van der Waals surface area contributed by atoms with Gasteiger partial charge < -0.3 is 4.57 Å². The van der Waals surface area contributed by atoms with Crippen LogP contribution in [-0.4, -0.2) is 21.5 Å². The average Bonchev–Trinajstić information content (AvgIpc) is 2.57. The molecule has 0 aliphatic rings. The molecular formula is C11H8F4N2O. The highest BCUT2D eigenvalue weighted by atomic mass is 19.4. The van der Waals surface area contributed by atoms with E-state index in [0.717, 1.165) is 6.07 Å². The molecule has 2 rings (SSSR count). The number of Topliss-reactive ketones (excluding diaryl/α,β-unsaturated/α-hetero) is 1. The molecule has 18 heavy (non-hydrogen) atoms. The normalized spacial score (nSPS) is 12.1. The Labute approximate surface area is 99.0 Å². The summed E-state index contributed by atoms with van der Waals surface area (Å²) < 4.78 is 51.1. The zero-order valence-corrected chi connectivity index (χ0v) is 9.25. The van der Waals surface area contributed by atoms with Crippen LogP contribution < -0.4 is 0 Å². The number of aryl methyl sites for hydroxylation is 1. The predicted octanol–water partition coefficient (Wildman–Crippen LogP) is 2.39. The van der Waals surface area contributed by atoms with Gasteiger partial charge in [-0.2, -0.15) is 13.2 Å². The number of nitrogens with zero attached hydrogens (tertiary/aromatic N) is 2. The van der Waals surface area contributed by atoms with Crippen LogP contribution in [0.25, 0.3) is 11.0 Å². The van der Waals surface area contributed by atoms with Gasteiger partial charge in [-0.05, 0) is 12.1 Å². The van der Waals surface area contributed by atoms with Gasteiger partial charge in [-0.15, -0.1) is 0 Å². The molecule has 0 saturated carbocycles. The van der Waals surface area contributed by atoms with Gasteiger partial charge in [0.1, 0.15) is 11.3 Å². The van der Waals surface area contributed by atoms with Gasteiger partial charge in [0.05, 0.1) is 11.9 Å². The van der Waals surface area contributed by atoms with E-state index in [-0.39, 0.29) is 11.3 Å². The highest BCUT2D eigenvalue weighted by Crippen LogP contribution is 2.22. The monoisotopic (exact) mass is 260 g/mol. The molecule has 0 bridgehead atoms. The van der Waals surface area contributed by atoms with Crippen LogP contribution in [0.15, 0.2) is 18.2 Å². The van der Waals surface area contributed by atoms with Crippen LogP contribution in [0.2, 0.25) is 0 Å². The largest absolute Gasteiger partial charge is 0.450 e. The Morgan fingerprint density at radius 1 is 1.39 bits per heavy atom. The quantitative estimate of drug-likeness (QED) is 0.777. The van der Waals surface area contributed by atoms with Gasteiger partial charge in [-0.3, -0.25) is 4.79 Å². The van der Waals surface area contributed by atoms with E-state index in [1.807, 2.05) is 0 Å². The lowest BCUT2D eigenvalue weighted by atomic mass is 10.2. The summed E-state index contributed by atoms with van der Waals surface area (Å²) in [5.41, 5.74) is 0.310. The lowest BCUT2D eigenvalue weighted by Crippen LogP contribution is -2.25. The van der Waals surface area contributed by atoms with Crippen LogP contribution >= 0.6 is 0 Å². The fraction of sp³-hybridized carbons (Fsp3) is 0.273. The number of rotatable bonds is 2. The van der Waals surface area contributed by atoms with E-state index in [4.69, 9.17) is 0 Å². The van der Waals surface area contributed by atoms with Crippen molar-refractivity contribution in [2.45, 2.75) is 12.6 Å². The number of imidazole rings is 1. The third-order valence-electron chi connectivity index (χ3n) is 2.59. The lowest BCUT2D eigenvalue weighted by Gasteiger charge is -2.04. The summed E-state index contributed by atoms with van der Waals surface area (Å²) in [5, 5.41) is 0. The summed E-state index contributed by atoms with van der Waals surface area (Å²) in [5.74, 6) is -2.65. The summed E-state index contributed by atoms with van der Waals surface area (Å²) in [7, 11) is 1.44. The molecule has 7 heteroatoms. The van der Waals surface area contributed by atoms with Crippen molar-refractivity contribution < 1.29 is 22.4 Å². The van der Waals surface area contributed by atoms with Crippen LogP contribution in [0.4, 0.5) is 17.6 Å². The van der Waals surface area contributed by atoms with Crippen molar-refractivity contribution in [1.29, 1.82) is 0 Å². The van der Waals surface area contributed by atoms with E-state index in [1.54, 1.807) is 0 Å². The maximum atomic E-state index is 13.4. The Morgan fingerprint density at radius 3 is 2.61 bits per heavy atom. The van der Waals surface area contributed by atoms with Crippen molar-refractivity contribution in [1.82, 2.24) is 9.55 Å². The molecule has 0 N–H and O–H groups in total. The summed E-state index contributed by atoms with van der Waals surface area (Å²) in [4.78, 5) is 14.6. The molecule has 96 valence electrons. The molecule has 1 aromatic carbocycles. The average molecular weight is 260 g/mol. The molecule has 0 radical (unpaired) electrons. The van der Waals surface area contributed by atoms with E-state index in [2.05, 4.69) is 4.98 Å². The Bertz CT molecular complexity index is 615. The number of alkyl halides is 3. The van der Waals surface area contributed by atoms with Crippen LogP contribution in [0.5, 0.6) is 0 Å². The minimum absolute atomic E-state index is 0.0371. The molecule has 1 heterocycles. The van der Waals surface area contributed by atoms with Gasteiger partial charge in [0.2, 0.25) is 5.78 Å². The van der Waals surface area contributed by atoms with Crippen LogP contribution in [0, 0.1) is 5.82 Å². The van der Waals surface area contributed by atoms with Gasteiger partial charge in [0.15, 0.2) is 5.82 Å². The van der Waals surface area contributed by atoms with Crippen LogP contribution in [0.1, 0.15) is 5.82 Å². The first-order valence-corrected chi connectivity index (χ1v) is 5.00. The number of halogens is 4. The first-order chi connectivity index (χ1) is 8.30. The number of hydrogen-bond acceptors (Lipinski definition) is 2. The number of aromatic nitrogens is 2. The van der Waals surface area contributed by atoms with E-state index in [9.17, 15) is 22.4 Å². The fourth-order valence-electron chi connectivity index (χ4n) is 1.63. The van der Waals surface area contributed by atoms with Gasteiger partial charge >= 0.3 is 6.18 Å². The van der Waals surface area contributed by atoms with Gasteiger partial charge in [0.25, 0.3) is 0 Å². The summed E-state index contributed by atoms with van der Waals surface area (Å²) in [6.45, 7) is 0. The summed E-state index contributed by atoms with van der Waals surface area (Å²) in [6, 6.07) is 4.10. The van der Waals surface area contributed by atoms with Crippen LogP contribution in [0.3, 0.4) is 0 Å². The number of hydrogen-bond donors (Lipinski definition) is 0. The second kappa shape index (κ2) is 4.08. The standard InChI is InChI=1S/C11H8F4N2O/c1-17-7-4-2-3-6(12)10(7)16-9(17)5-8(18)11(13,14)15/h2-4H,5H2,1H3. The number of carbonyl (C=O) groups is 1.